The van der Waals surface area contributed by atoms with Gasteiger partial charge in [-0.2, -0.15) is 0 Å². The van der Waals surface area contributed by atoms with E-state index in [2.05, 4.69) is 12.2 Å². The normalized spacial score (nSPS) is 11.7. The van der Waals surface area contributed by atoms with Gasteiger partial charge < -0.3 is 35.0 Å². The molecular weight excluding hydrogens is 484 g/mol. The number of amides is 1. The zero-order valence-corrected chi connectivity index (χ0v) is 24.7. The van der Waals surface area contributed by atoms with Crippen molar-refractivity contribution in [3.05, 3.63) is 11.9 Å². The van der Waals surface area contributed by atoms with Gasteiger partial charge in [-0.3, -0.25) is 4.79 Å². The van der Waals surface area contributed by atoms with Crippen LogP contribution in [0, 0.1) is 0 Å². The van der Waals surface area contributed by atoms with Gasteiger partial charge in [0.15, 0.2) is 0 Å². The molecule has 9 heteroatoms. The molecule has 5 N–H and O–H groups in total. The summed E-state index contributed by atoms with van der Waals surface area (Å²) in [5, 5.41) is 4.43. The van der Waals surface area contributed by atoms with Crippen LogP contribution in [0.4, 0.5) is 0 Å². The van der Waals surface area contributed by atoms with Crippen molar-refractivity contribution in [3.63, 3.8) is 0 Å². The second-order valence-electron chi connectivity index (χ2n) is 9.90. The standard InChI is InChI=1S/C29H60N4O5/c1-3-4-5-6-7-8-9-10-11-12-13-14-15-16-29(34)32-17-19-35-21-23-37-25-26-38-24-22-36-20-18-33(31)27-28(2)30/h27H,3-26,30-31H2,1-2H3,(H,32,34)/b28-27-. The topological polar surface area (TPSA) is 121 Å². The first kappa shape index (κ1) is 36.6. The molecule has 0 aliphatic carbocycles. The predicted octanol–water partition coefficient (Wildman–Crippen LogP) is 4.65. The van der Waals surface area contributed by atoms with Crippen molar-refractivity contribution in [1.29, 1.82) is 0 Å². The molecule has 1 amide bonds. The van der Waals surface area contributed by atoms with Crippen molar-refractivity contribution in [3.8, 4) is 0 Å². The van der Waals surface area contributed by atoms with Crippen LogP contribution < -0.4 is 16.9 Å². The second kappa shape index (κ2) is 30.2. The quantitative estimate of drug-likeness (QED) is 0.0679. The highest BCUT2D eigenvalue weighted by atomic mass is 16.6. The molecule has 0 aliphatic rings. The SMILES string of the molecule is CCCCCCCCCCCCCCCC(=O)NCCOCCOCCOCCOCCN(N)/C=C(/C)N. The third-order valence-corrected chi connectivity index (χ3v) is 6.06. The zero-order chi connectivity index (χ0) is 27.9. The van der Waals surface area contributed by atoms with Crippen LogP contribution in [0.2, 0.25) is 0 Å². The van der Waals surface area contributed by atoms with Crippen LogP contribution in [0.15, 0.2) is 11.9 Å². The lowest BCUT2D eigenvalue weighted by Crippen LogP contribution is -2.30. The van der Waals surface area contributed by atoms with Crippen LogP contribution in [0.1, 0.15) is 104 Å². The highest BCUT2D eigenvalue weighted by Gasteiger charge is 2.01. The van der Waals surface area contributed by atoms with Gasteiger partial charge in [0.05, 0.1) is 59.4 Å². The van der Waals surface area contributed by atoms with E-state index in [9.17, 15) is 4.79 Å². The van der Waals surface area contributed by atoms with E-state index in [4.69, 9.17) is 30.5 Å². The molecule has 0 spiro atoms. The first-order chi connectivity index (χ1) is 18.6. The molecule has 0 aliphatic heterocycles. The highest BCUT2D eigenvalue weighted by molar-refractivity contribution is 5.75. The van der Waals surface area contributed by atoms with E-state index in [1.54, 1.807) is 13.1 Å². The van der Waals surface area contributed by atoms with Crippen molar-refractivity contribution in [2.45, 2.75) is 104 Å². The van der Waals surface area contributed by atoms with Crippen molar-refractivity contribution in [2.24, 2.45) is 11.6 Å². The van der Waals surface area contributed by atoms with Gasteiger partial charge in [-0.25, -0.2) is 5.84 Å². The van der Waals surface area contributed by atoms with Gasteiger partial charge in [-0.15, -0.1) is 0 Å². The van der Waals surface area contributed by atoms with Crippen molar-refractivity contribution < 1.29 is 23.7 Å². The molecule has 0 aromatic heterocycles. The van der Waals surface area contributed by atoms with Gasteiger partial charge in [-0.05, 0) is 13.3 Å². The van der Waals surface area contributed by atoms with Crippen molar-refractivity contribution in [2.75, 3.05) is 65.9 Å². The number of unbranched alkanes of at least 4 members (excludes halogenated alkanes) is 12. The summed E-state index contributed by atoms with van der Waals surface area (Å²) in [6.45, 7) is 9.23. The molecular formula is C29H60N4O5. The van der Waals surface area contributed by atoms with Crippen LogP contribution in [0.5, 0.6) is 0 Å². The molecule has 0 rings (SSSR count). The molecule has 0 atom stereocenters. The number of nitrogens with zero attached hydrogens (tertiary/aromatic N) is 1. The van der Waals surface area contributed by atoms with Crippen LogP contribution >= 0.6 is 0 Å². The third-order valence-electron chi connectivity index (χ3n) is 6.06. The summed E-state index contributed by atoms with van der Waals surface area (Å²) in [6, 6.07) is 0. The van der Waals surface area contributed by atoms with E-state index in [1.165, 1.54) is 75.6 Å². The van der Waals surface area contributed by atoms with Gasteiger partial charge in [-0.1, -0.05) is 84.0 Å². The lowest BCUT2D eigenvalue weighted by atomic mass is 10.0. The van der Waals surface area contributed by atoms with E-state index >= 15 is 0 Å². The first-order valence-corrected chi connectivity index (χ1v) is 15.1. The number of rotatable bonds is 30. The maximum Gasteiger partial charge on any atom is 0.220 e. The fraction of sp³-hybridized carbons (Fsp3) is 0.897. The second-order valence-corrected chi connectivity index (χ2v) is 9.90. The molecule has 0 unspecified atom stereocenters. The Labute approximate surface area is 233 Å². The average molecular weight is 545 g/mol. The summed E-state index contributed by atoms with van der Waals surface area (Å²) >= 11 is 0. The van der Waals surface area contributed by atoms with Crippen LogP contribution in [0.3, 0.4) is 0 Å². The molecule has 0 aromatic carbocycles. The summed E-state index contributed by atoms with van der Waals surface area (Å²) in [6.07, 6.45) is 19.4. The monoisotopic (exact) mass is 544 g/mol. The fourth-order valence-corrected chi connectivity index (χ4v) is 3.91. The number of allylic oxidation sites excluding steroid dienone is 1. The lowest BCUT2D eigenvalue weighted by molar-refractivity contribution is -0.121. The molecule has 0 radical (unpaired) electrons. The fourth-order valence-electron chi connectivity index (χ4n) is 3.91. The minimum Gasteiger partial charge on any atom is -0.401 e. The summed E-state index contributed by atoms with van der Waals surface area (Å²) in [4.78, 5) is 11.9. The molecule has 0 bridgehead atoms. The molecule has 0 saturated heterocycles. The smallest absolute Gasteiger partial charge is 0.220 e. The Kier molecular flexibility index (Phi) is 29.1. The van der Waals surface area contributed by atoms with Gasteiger partial charge >= 0.3 is 0 Å². The summed E-state index contributed by atoms with van der Waals surface area (Å²) in [5.41, 5.74) is 6.20. The predicted molar refractivity (Wildman–Crippen MR) is 155 cm³/mol. The van der Waals surface area contributed by atoms with Crippen molar-refractivity contribution >= 4 is 5.91 Å². The number of hydrogen-bond acceptors (Lipinski definition) is 8. The Morgan fingerprint density at radius 3 is 1.58 bits per heavy atom. The largest absolute Gasteiger partial charge is 0.401 e. The van der Waals surface area contributed by atoms with E-state index in [-0.39, 0.29) is 5.91 Å². The molecule has 226 valence electrons. The summed E-state index contributed by atoms with van der Waals surface area (Å²) in [5.74, 6) is 5.83. The first-order valence-electron chi connectivity index (χ1n) is 15.1. The maximum atomic E-state index is 11.9. The maximum absolute atomic E-state index is 11.9. The van der Waals surface area contributed by atoms with E-state index in [1.807, 2.05) is 0 Å². The Balaban J connectivity index is 3.20. The summed E-state index contributed by atoms with van der Waals surface area (Å²) < 4.78 is 21.9. The zero-order valence-electron chi connectivity index (χ0n) is 24.7. The summed E-state index contributed by atoms with van der Waals surface area (Å²) in [7, 11) is 0. The number of hydrazine groups is 1. The van der Waals surface area contributed by atoms with Gasteiger partial charge in [0, 0.05) is 24.9 Å². The molecule has 0 fully saturated rings. The lowest BCUT2D eigenvalue weighted by Gasteiger charge is -2.14. The number of nitrogens with one attached hydrogen (secondary N) is 1. The highest BCUT2D eigenvalue weighted by Crippen LogP contribution is 2.12. The molecule has 0 heterocycles. The minimum atomic E-state index is 0.122. The van der Waals surface area contributed by atoms with Crippen molar-refractivity contribution in [1.82, 2.24) is 10.3 Å². The van der Waals surface area contributed by atoms with E-state index in [0.29, 0.717) is 78.1 Å². The average Bonchev–Trinajstić information content (AvgIpc) is 2.88. The third kappa shape index (κ3) is 30.8. The number of hydrogen-bond donors (Lipinski definition) is 3. The molecule has 38 heavy (non-hydrogen) atoms. The molecule has 0 aromatic rings. The number of ether oxygens (including phenoxy) is 4. The van der Waals surface area contributed by atoms with E-state index in [0.717, 1.165) is 12.8 Å². The van der Waals surface area contributed by atoms with Gasteiger partial charge in [0.2, 0.25) is 5.91 Å². The van der Waals surface area contributed by atoms with Crippen LogP contribution in [-0.2, 0) is 23.7 Å². The molecule has 9 nitrogen and oxygen atoms in total. The Hall–Kier alpha value is -1.39. The minimum absolute atomic E-state index is 0.122. The van der Waals surface area contributed by atoms with Gasteiger partial charge in [0.25, 0.3) is 0 Å². The van der Waals surface area contributed by atoms with Crippen LogP contribution in [-0.4, -0.2) is 76.9 Å². The number of carbonyl (C=O) groups is 1. The Morgan fingerprint density at radius 2 is 1.11 bits per heavy atom. The number of carbonyl (C=O) groups excluding carboxylic acids is 1. The van der Waals surface area contributed by atoms with Gasteiger partial charge in [0.1, 0.15) is 0 Å². The number of nitrogens with two attached hydrogens (primary N) is 2. The Morgan fingerprint density at radius 1 is 0.684 bits per heavy atom. The Bertz CT molecular complexity index is 533. The van der Waals surface area contributed by atoms with E-state index < -0.39 is 0 Å². The molecule has 0 saturated carbocycles. The van der Waals surface area contributed by atoms with Crippen LogP contribution in [0.25, 0.3) is 0 Å².